The molecule has 3 aliphatic rings. The molecule has 0 aromatic carbocycles. The number of hydrogen-bond acceptors (Lipinski definition) is 2. The Bertz CT molecular complexity index is 621. The molecule has 1 heterocycles. The van der Waals surface area contributed by atoms with Gasteiger partial charge in [0.15, 0.2) is 5.78 Å². The standard InChI is InChI=1S/C19H23F2NO/c1-13-12-16(21)6-7-17(13)19(8-10-22-11-9-19)18(23)14-2-4-15(20)5-3-14/h2,4,6-7,13,22H,3,5,8-12H2,1H3. The Morgan fingerprint density at radius 2 is 1.78 bits per heavy atom. The number of nitrogens with one attached hydrogen (secondary N) is 1. The van der Waals surface area contributed by atoms with Crippen molar-refractivity contribution in [3.63, 3.8) is 0 Å². The highest BCUT2D eigenvalue weighted by molar-refractivity contribution is 6.02. The fraction of sp³-hybridized carbons (Fsp3) is 0.526. The molecule has 4 heteroatoms. The molecule has 0 radical (unpaired) electrons. The molecule has 1 aliphatic heterocycles. The number of hydrogen-bond donors (Lipinski definition) is 1. The molecule has 1 unspecified atom stereocenters. The van der Waals surface area contributed by atoms with Crippen molar-refractivity contribution in [2.75, 3.05) is 13.1 Å². The van der Waals surface area contributed by atoms with E-state index in [1.54, 1.807) is 6.08 Å². The van der Waals surface area contributed by atoms with Crippen LogP contribution in [0.4, 0.5) is 8.78 Å². The molecule has 0 spiro atoms. The Hall–Kier alpha value is -1.55. The summed E-state index contributed by atoms with van der Waals surface area (Å²) in [6, 6.07) is 0. The van der Waals surface area contributed by atoms with Crippen LogP contribution in [0.5, 0.6) is 0 Å². The van der Waals surface area contributed by atoms with E-state index >= 15 is 0 Å². The highest BCUT2D eigenvalue weighted by Gasteiger charge is 2.45. The average Bonchev–Trinajstić information content (AvgIpc) is 2.55. The summed E-state index contributed by atoms with van der Waals surface area (Å²) in [7, 11) is 0. The van der Waals surface area contributed by atoms with E-state index < -0.39 is 5.41 Å². The normalized spacial score (nSPS) is 27.5. The number of Topliss-reactive ketones (excluding diaryl/α,β-unsaturated/α-hetero) is 1. The van der Waals surface area contributed by atoms with E-state index in [9.17, 15) is 13.6 Å². The zero-order chi connectivity index (χ0) is 16.4. The molecule has 0 bridgehead atoms. The largest absolute Gasteiger partial charge is 0.317 e. The van der Waals surface area contributed by atoms with Crippen molar-refractivity contribution in [1.82, 2.24) is 5.32 Å². The number of rotatable bonds is 3. The summed E-state index contributed by atoms with van der Waals surface area (Å²) in [6.45, 7) is 3.54. The quantitative estimate of drug-likeness (QED) is 0.839. The monoisotopic (exact) mass is 319 g/mol. The Balaban J connectivity index is 1.99. The molecular formula is C19H23F2NO. The van der Waals surface area contributed by atoms with Gasteiger partial charge in [0.1, 0.15) is 11.7 Å². The van der Waals surface area contributed by atoms with Gasteiger partial charge >= 0.3 is 0 Å². The Kier molecular flexibility index (Phi) is 4.62. The lowest BCUT2D eigenvalue weighted by atomic mass is 9.63. The van der Waals surface area contributed by atoms with Crippen molar-refractivity contribution < 1.29 is 13.6 Å². The second kappa shape index (κ2) is 6.52. The molecule has 1 fully saturated rings. The molecule has 3 rings (SSSR count). The molecule has 23 heavy (non-hydrogen) atoms. The topological polar surface area (TPSA) is 29.1 Å². The van der Waals surface area contributed by atoms with Gasteiger partial charge in [0, 0.05) is 12.8 Å². The Morgan fingerprint density at radius 1 is 1.09 bits per heavy atom. The van der Waals surface area contributed by atoms with Crippen molar-refractivity contribution in [3.05, 3.63) is 47.1 Å². The lowest BCUT2D eigenvalue weighted by Gasteiger charge is -2.42. The zero-order valence-corrected chi connectivity index (χ0v) is 13.5. The van der Waals surface area contributed by atoms with Gasteiger partial charge in [0.05, 0.1) is 5.41 Å². The lowest BCUT2D eigenvalue weighted by molar-refractivity contribution is -0.124. The van der Waals surface area contributed by atoms with Crippen molar-refractivity contribution in [3.8, 4) is 0 Å². The summed E-state index contributed by atoms with van der Waals surface area (Å²) in [5.74, 6) is -0.161. The minimum atomic E-state index is -0.560. The van der Waals surface area contributed by atoms with Crippen LogP contribution in [0.3, 0.4) is 0 Å². The smallest absolute Gasteiger partial charge is 0.169 e. The molecule has 2 nitrogen and oxygen atoms in total. The fourth-order valence-electron chi connectivity index (χ4n) is 4.05. The molecule has 0 aromatic rings. The van der Waals surface area contributed by atoms with Gasteiger partial charge in [-0.15, -0.1) is 0 Å². The minimum absolute atomic E-state index is 0.0264. The van der Waals surface area contributed by atoms with E-state index in [1.165, 1.54) is 12.2 Å². The number of carbonyl (C=O) groups excluding carboxylic acids is 1. The molecule has 124 valence electrons. The second-order valence-corrected chi connectivity index (χ2v) is 6.81. The SMILES string of the molecule is CC1CC(F)=CC=C1C1(C(=O)C2=CC=C(F)CC2)CCNCC1. The van der Waals surface area contributed by atoms with Crippen molar-refractivity contribution in [2.45, 2.75) is 39.0 Å². The van der Waals surface area contributed by atoms with E-state index in [0.29, 0.717) is 24.8 Å². The average molecular weight is 319 g/mol. The van der Waals surface area contributed by atoms with Crippen LogP contribution in [-0.4, -0.2) is 18.9 Å². The predicted octanol–water partition coefficient (Wildman–Crippen LogP) is 4.32. The maximum absolute atomic E-state index is 13.6. The van der Waals surface area contributed by atoms with Crippen LogP contribution >= 0.6 is 0 Å². The Morgan fingerprint density at radius 3 is 2.39 bits per heavy atom. The van der Waals surface area contributed by atoms with E-state index in [4.69, 9.17) is 0 Å². The first kappa shape index (κ1) is 16.3. The van der Waals surface area contributed by atoms with Crippen LogP contribution in [0.25, 0.3) is 0 Å². The first-order valence-electron chi connectivity index (χ1n) is 8.40. The summed E-state index contributed by atoms with van der Waals surface area (Å²) in [6.07, 6.45) is 8.92. The van der Waals surface area contributed by atoms with Crippen LogP contribution in [0, 0.1) is 11.3 Å². The maximum Gasteiger partial charge on any atom is 0.169 e. The molecule has 1 atom stereocenters. The van der Waals surface area contributed by atoms with Crippen LogP contribution in [-0.2, 0) is 4.79 Å². The van der Waals surface area contributed by atoms with Crippen LogP contribution in [0.2, 0.25) is 0 Å². The van der Waals surface area contributed by atoms with E-state index in [1.807, 2.05) is 13.0 Å². The first-order chi connectivity index (χ1) is 11.0. The summed E-state index contributed by atoms with van der Waals surface area (Å²) >= 11 is 0. The van der Waals surface area contributed by atoms with Crippen LogP contribution in [0.15, 0.2) is 47.1 Å². The second-order valence-electron chi connectivity index (χ2n) is 6.81. The van der Waals surface area contributed by atoms with Gasteiger partial charge in [-0.1, -0.05) is 24.6 Å². The van der Waals surface area contributed by atoms with Crippen molar-refractivity contribution in [1.29, 1.82) is 0 Å². The van der Waals surface area contributed by atoms with Crippen LogP contribution in [0.1, 0.15) is 39.0 Å². The highest BCUT2D eigenvalue weighted by Crippen LogP contribution is 2.47. The van der Waals surface area contributed by atoms with E-state index in [0.717, 1.165) is 31.5 Å². The van der Waals surface area contributed by atoms with Crippen molar-refractivity contribution in [2.24, 2.45) is 11.3 Å². The summed E-state index contributed by atoms with van der Waals surface area (Å²) < 4.78 is 26.8. The molecule has 1 saturated heterocycles. The first-order valence-corrected chi connectivity index (χ1v) is 8.40. The fourth-order valence-corrected chi connectivity index (χ4v) is 4.05. The highest BCUT2D eigenvalue weighted by atomic mass is 19.1. The van der Waals surface area contributed by atoms with E-state index in [-0.39, 0.29) is 23.4 Å². The van der Waals surface area contributed by atoms with E-state index in [2.05, 4.69) is 5.32 Å². The zero-order valence-electron chi connectivity index (χ0n) is 13.5. The van der Waals surface area contributed by atoms with Gasteiger partial charge < -0.3 is 5.32 Å². The molecule has 0 saturated carbocycles. The summed E-state index contributed by atoms with van der Waals surface area (Å²) in [5, 5.41) is 3.31. The number of halogens is 2. The molecule has 0 amide bonds. The Labute approximate surface area is 136 Å². The predicted molar refractivity (Wildman–Crippen MR) is 87.1 cm³/mol. The van der Waals surface area contributed by atoms with Crippen molar-refractivity contribution >= 4 is 5.78 Å². The molecule has 1 N–H and O–H groups in total. The van der Waals surface area contributed by atoms with Gasteiger partial charge in [0.25, 0.3) is 0 Å². The molecule has 2 aliphatic carbocycles. The van der Waals surface area contributed by atoms with Gasteiger partial charge in [-0.2, -0.15) is 0 Å². The third-order valence-electron chi connectivity index (χ3n) is 5.31. The molecular weight excluding hydrogens is 296 g/mol. The third-order valence-corrected chi connectivity index (χ3v) is 5.31. The maximum atomic E-state index is 13.6. The van der Waals surface area contributed by atoms with Gasteiger partial charge in [0.2, 0.25) is 0 Å². The number of allylic oxidation sites excluding steroid dienone is 8. The van der Waals surface area contributed by atoms with Gasteiger partial charge in [-0.25, -0.2) is 8.78 Å². The summed E-state index contributed by atoms with van der Waals surface area (Å²) in [4.78, 5) is 13.3. The summed E-state index contributed by atoms with van der Waals surface area (Å²) in [5.41, 5.74) is 1.19. The van der Waals surface area contributed by atoms with Crippen LogP contribution < -0.4 is 5.32 Å². The number of piperidine rings is 1. The number of ketones is 1. The van der Waals surface area contributed by atoms with Gasteiger partial charge in [-0.05, 0) is 56.0 Å². The number of carbonyl (C=O) groups is 1. The third kappa shape index (κ3) is 3.09. The van der Waals surface area contributed by atoms with Gasteiger partial charge in [-0.3, -0.25) is 4.79 Å². The molecule has 0 aromatic heterocycles. The minimum Gasteiger partial charge on any atom is -0.317 e. The lowest BCUT2D eigenvalue weighted by Crippen LogP contribution is -2.45.